The molecule has 2 rings (SSSR count). The van der Waals surface area contributed by atoms with Crippen LogP contribution in [0.15, 0.2) is 12.3 Å². The third-order valence-electron chi connectivity index (χ3n) is 3.24. The average molecular weight is 232 g/mol. The Morgan fingerprint density at radius 1 is 1.41 bits per heavy atom. The summed E-state index contributed by atoms with van der Waals surface area (Å²) in [5, 5.41) is 0. The van der Waals surface area contributed by atoms with E-state index in [1.807, 2.05) is 19.2 Å². The van der Waals surface area contributed by atoms with E-state index in [2.05, 4.69) is 35.3 Å². The SMILES string of the molecule is CCCC(C)(C)n1c(N)nc2c(C)ccnc21. The summed E-state index contributed by atoms with van der Waals surface area (Å²) in [7, 11) is 0. The van der Waals surface area contributed by atoms with E-state index in [4.69, 9.17) is 5.73 Å². The number of aryl methyl sites for hydroxylation is 1. The van der Waals surface area contributed by atoms with E-state index in [0.717, 1.165) is 29.6 Å². The second kappa shape index (κ2) is 4.02. The van der Waals surface area contributed by atoms with Crippen LogP contribution in [-0.4, -0.2) is 14.5 Å². The summed E-state index contributed by atoms with van der Waals surface area (Å²) in [6.45, 7) is 8.57. The van der Waals surface area contributed by atoms with Crippen LogP contribution in [0.3, 0.4) is 0 Å². The minimum Gasteiger partial charge on any atom is -0.369 e. The molecule has 0 atom stereocenters. The first-order chi connectivity index (χ1) is 7.97. The number of nitrogen functional groups attached to an aromatic ring is 1. The van der Waals surface area contributed by atoms with Crippen molar-refractivity contribution < 1.29 is 0 Å². The maximum Gasteiger partial charge on any atom is 0.202 e. The predicted octanol–water partition coefficient (Wildman–Crippen LogP) is 2.86. The molecule has 0 saturated carbocycles. The summed E-state index contributed by atoms with van der Waals surface area (Å²) in [4.78, 5) is 8.87. The maximum absolute atomic E-state index is 6.05. The third kappa shape index (κ3) is 1.88. The van der Waals surface area contributed by atoms with Gasteiger partial charge in [-0.05, 0) is 38.8 Å². The van der Waals surface area contributed by atoms with Gasteiger partial charge in [-0.3, -0.25) is 4.57 Å². The smallest absolute Gasteiger partial charge is 0.202 e. The highest BCUT2D eigenvalue weighted by atomic mass is 15.2. The van der Waals surface area contributed by atoms with Crippen LogP contribution in [-0.2, 0) is 5.54 Å². The number of rotatable bonds is 3. The van der Waals surface area contributed by atoms with E-state index in [1.165, 1.54) is 0 Å². The molecule has 4 heteroatoms. The van der Waals surface area contributed by atoms with Crippen molar-refractivity contribution in [1.82, 2.24) is 14.5 Å². The second-order valence-electron chi connectivity index (χ2n) is 5.17. The zero-order chi connectivity index (χ0) is 12.6. The lowest BCUT2D eigenvalue weighted by molar-refractivity contribution is 0.336. The fourth-order valence-corrected chi connectivity index (χ4v) is 2.43. The van der Waals surface area contributed by atoms with Crippen LogP contribution in [0.25, 0.3) is 11.2 Å². The van der Waals surface area contributed by atoms with Crippen molar-refractivity contribution in [1.29, 1.82) is 0 Å². The lowest BCUT2D eigenvalue weighted by Crippen LogP contribution is -2.27. The van der Waals surface area contributed by atoms with Crippen LogP contribution in [0.5, 0.6) is 0 Å². The Morgan fingerprint density at radius 3 is 2.76 bits per heavy atom. The molecule has 2 aromatic rings. The zero-order valence-corrected chi connectivity index (χ0v) is 11.0. The molecule has 0 bridgehead atoms. The minimum absolute atomic E-state index is 0.0472. The maximum atomic E-state index is 6.05. The summed E-state index contributed by atoms with van der Waals surface area (Å²) in [6.07, 6.45) is 3.98. The van der Waals surface area contributed by atoms with E-state index in [0.29, 0.717) is 5.95 Å². The van der Waals surface area contributed by atoms with Crippen molar-refractivity contribution >= 4 is 17.1 Å². The second-order valence-corrected chi connectivity index (χ2v) is 5.17. The number of imidazole rings is 1. The summed E-state index contributed by atoms with van der Waals surface area (Å²) < 4.78 is 2.05. The molecule has 0 fully saturated rings. The highest BCUT2D eigenvalue weighted by Crippen LogP contribution is 2.30. The van der Waals surface area contributed by atoms with Gasteiger partial charge in [0.1, 0.15) is 5.52 Å². The lowest BCUT2D eigenvalue weighted by atomic mass is 9.98. The van der Waals surface area contributed by atoms with E-state index in [1.54, 1.807) is 0 Å². The summed E-state index contributed by atoms with van der Waals surface area (Å²) in [5.74, 6) is 0.556. The zero-order valence-electron chi connectivity index (χ0n) is 11.0. The highest BCUT2D eigenvalue weighted by Gasteiger charge is 2.25. The molecule has 17 heavy (non-hydrogen) atoms. The molecule has 0 aromatic carbocycles. The van der Waals surface area contributed by atoms with Crippen molar-refractivity contribution in [3.05, 3.63) is 17.8 Å². The van der Waals surface area contributed by atoms with Gasteiger partial charge in [-0.2, -0.15) is 0 Å². The van der Waals surface area contributed by atoms with Gasteiger partial charge in [0, 0.05) is 11.7 Å². The Balaban J connectivity index is 2.69. The van der Waals surface area contributed by atoms with Crippen LogP contribution < -0.4 is 5.73 Å². The lowest BCUT2D eigenvalue weighted by Gasteiger charge is -2.27. The third-order valence-corrected chi connectivity index (χ3v) is 3.24. The Hall–Kier alpha value is -1.58. The van der Waals surface area contributed by atoms with Crippen LogP contribution >= 0.6 is 0 Å². The first kappa shape index (κ1) is 11.9. The topological polar surface area (TPSA) is 56.7 Å². The molecule has 0 radical (unpaired) electrons. The molecule has 0 aliphatic rings. The van der Waals surface area contributed by atoms with Crippen molar-refractivity contribution in [2.75, 3.05) is 5.73 Å². The fraction of sp³-hybridized carbons (Fsp3) is 0.538. The molecule has 2 N–H and O–H groups in total. The Labute approximate surface area is 102 Å². The molecule has 0 saturated heterocycles. The van der Waals surface area contributed by atoms with E-state index >= 15 is 0 Å². The van der Waals surface area contributed by atoms with E-state index in [9.17, 15) is 0 Å². The van der Waals surface area contributed by atoms with Crippen LogP contribution in [0.4, 0.5) is 5.95 Å². The number of aromatic nitrogens is 3. The van der Waals surface area contributed by atoms with Gasteiger partial charge >= 0.3 is 0 Å². The largest absolute Gasteiger partial charge is 0.369 e. The molecular formula is C13H20N4. The van der Waals surface area contributed by atoms with Gasteiger partial charge in [0.2, 0.25) is 5.95 Å². The molecule has 0 unspecified atom stereocenters. The standard InChI is InChI=1S/C13H20N4/c1-5-7-13(3,4)17-11-10(16-12(17)14)9(2)6-8-15-11/h6,8H,5,7H2,1-4H3,(H2,14,16). The molecule has 4 nitrogen and oxygen atoms in total. The number of nitrogens with zero attached hydrogens (tertiary/aromatic N) is 3. The Morgan fingerprint density at radius 2 is 2.12 bits per heavy atom. The molecule has 0 aliphatic heterocycles. The number of pyridine rings is 1. The van der Waals surface area contributed by atoms with Gasteiger partial charge in [0.25, 0.3) is 0 Å². The molecule has 2 aromatic heterocycles. The molecule has 92 valence electrons. The number of hydrogen-bond acceptors (Lipinski definition) is 3. The van der Waals surface area contributed by atoms with Crippen molar-refractivity contribution in [3.63, 3.8) is 0 Å². The summed E-state index contributed by atoms with van der Waals surface area (Å²) in [6, 6.07) is 1.96. The number of nitrogens with two attached hydrogens (primary N) is 1. The van der Waals surface area contributed by atoms with E-state index in [-0.39, 0.29) is 5.54 Å². The Bertz CT molecular complexity index is 540. The molecular weight excluding hydrogens is 212 g/mol. The van der Waals surface area contributed by atoms with Crippen LogP contribution in [0, 0.1) is 6.92 Å². The van der Waals surface area contributed by atoms with E-state index < -0.39 is 0 Å². The first-order valence-corrected chi connectivity index (χ1v) is 6.07. The molecule has 0 amide bonds. The van der Waals surface area contributed by atoms with Crippen LogP contribution in [0.2, 0.25) is 0 Å². The van der Waals surface area contributed by atoms with Gasteiger partial charge in [-0.15, -0.1) is 0 Å². The average Bonchev–Trinajstić information content (AvgIpc) is 2.56. The summed E-state index contributed by atoms with van der Waals surface area (Å²) in [5.41, 5.74) is 8.92. The first-order valence-electron chi connectivity index (χ1n) is 6.07. The van der Waals surface area contributed by atoms with Gasteiger partial charge in [-0.1, -0.05) is 13.3 Å². The number of anilines is 1. The molecule has 0 aliphatic carbocycles. The van der Waals surface area contributed by atoms with Crippen LogP contribution in [0.1, 0.15) is 39.2 Å². The fourth-order valence-electron chi connectivity index (χ4n) is 2.43. The van der Waals surface area contributed by atoms with Gasteiger partial charge in [0.15, 0.2) is 5.65 Å². The molecule has 2 heterocycles. The molecule has 0 spiro atoms. The van der Waals surface area contributed by atoms with Crippen molar-refractivity contribution in [3.8, 4) is 0 Å². The monoisotopic (exact) mass is 232 g/mol. The quantitative estimate of drug-likeness (QED) is 0.885. The minimum atomic E-state index is -0.0472. The van der Waals surface area contributed by atoms with Crippen molar-refractivity contribution in [2.24, 2.45) is 0 Å². The summed E-state index contributed by atoms with van der Waals surface area (Å²) >= 11 is 0. The van der Waals surface area contributed by atoms with Gasteiger partial charge in [-0.25, -0.2) is 9.97 Å². The van der Waals surface area contributed by atoms with Crippen molar-refractivity contribution in [2.45, 2.75) is 46.1 Å². The van der Waals surface area contributed by atoms with Gasteiger partial charge in [0.05, 0.1) is 0 Å². The normalized spacial score (nSPS) is 12.2. The number of hydrogen-bond donors (Lipinski definition) is 1. The van der Waals surface area contributed by atoms with Gasteiger partial charge < -0.3 is 5.73 Å². The highest BCUT2D eigenvalue weighted by molar-refractivity contribution is 5.77. The Kier molecular flexibility index (Phi) is 2.81. The predicted molar refractivity (Wildman–Crippen MR) is 70.9 cm³/mol. The number of fused-ring (bicyclic) bond motifs is 1.